The molecular formula is C15H25N3O6S. The summed E-state index contributed by atoms with van der Waals surface area (Å²) >= 11 is 0. The average molecular weight is 375 g/mol. The molecule has 0 aliphatic carbocycles. The van der Waals surface area contributed by atoms with Crippen LogP contribution < -0.4 is 15.4 Å². The highest BCUT2D eigenvalue weighted by Gasteiger charge is 2.24. The fraction of sp³-hybridized carbons (Fsp3) is 0.467. The SMILES string of the molecule is CNC(=O)[C@H](Cc1ccc(NS(=O)(=O)O)cc1)NC(=O)OC(C)(C)C.[HH]. The second-order valence-corrected chi connectivity index (χ2v) is 7.45. The summed E-state index contributed by atoms with van der Waals surface area (Å²) in [5.74, 6) is -0.397. The predicted molar refractivity (Wildman–Crippen MR) is 94.7 cm³/mol. The minimum atomic E-state index is -4.35. The zero-order chi connectivity index (χ0) is 19.3. The van der Waals surface area contributed by atoms with Crippen LogP contribution in [0.3, 0.4) is 0 Å². The molecule has 4 N–H and O–H groups in total. The van der Waals surface area contributed by atoms with Crippen molar-refractivity contribution in [3.8, 4) is 0 Å². The first-order chi connectivity index (χ1) is 11.4. The molecule has 0 saturated heterocycles. The van der Waals surface area contributed by atoms with Crippen molar-refractivity contribution < 1.29 is 28.7 Å². The van der Waals surface area contributed by atoms with Crippen LogP contribution in [0.15, 0.2) is 24.3 Å². The van der Waals surface area contributed by atoms with Gasteiger partial charge >= 0.3 is 16.4 Å². The largest absolute Gasteiger partial charge is 0.444 e. The minimum absolute atomic E-state index is 0. The number of anilines is 1. The van der Waals surface area contributed by atoms with E-state index in [1.165, 1.54) is 19.2 Å². The van der Waals surface area contributed by atoms with Gasteiger partial charge in [-0.1, -0.05) is 12.1 Å². The van der Waals surface area contributed by atoms with Crippen LogP contribution >= 0.6 is 0 Å². The lowest BCUT2D eigenvalue weighted by Crippen LogP contribution is -2.48. The van der Waals surface area contributed by atoms with Gasteiger partial charge in [0.05, 0.1) is 5.69 Å². The van der Waals surface area contributed by atoms with Gasteiger partial charge in [0.15, 0.2) is 0 Å². The Kier molecular flexibility index (Phi) is 6.77. The number of amides is 2. The Morgan fingerprint density at radius 2 is 1.80 bits per heavy atom. The first-order valence-corrected chi connectivity index (χ1v) is 8.89. The maximum absolute atomic E-state index is 12.0. The number of rotatable bonds is 6. The molecule has 0 fully saturated rings. The summed E-state index contributed by atoms with van der Waals surface area (Å²) < 4.78 is 37.3. The van der Waals surface area contributed by atoms with Crippen molar-refractivity contribution >= 4 is 28.0 Å². The molecule has 1 aromatic rings. The van der Waals surface area contributed by atoms with Crippen LogP contribution in [0, 0.1) is 0 Å². The molecule has 0 unspecified atom stereocenters. The van der Waals surface area contributed by atoms with Gasteiger partial charge in [0.2, 0.25) is 5.91 Å². The lowest BCUT2D eigenvalue weighted by atomic mass is 10.1. The summed E-state index contributed by atoms with van der Waals surface area (Å²) in [7, 11) is -2.90. The Morgan fingerprint density at radius 1 is 1.24 bits per heavy atom. The first-order valence-electron chi connectivity index (χ1n) is 7.45. The quantitative estimate of drug-likeness (QED) is 0.554. The van der Waals surface area contributed by atoms with E-state index in [0.29, 0.717) is 5.56 Å². The van der Waals surface area contributed by atoms with Gasteiger partial charge in [0.1, 0.15) is 11.6 Å². The molecule has 9 nitrogen and oxygen atoms in total. The zero-order valence-electron chi connectivity index (χ0n) is 14.5. The number of carbonyl (C=O) groups is 2. The number of ether oxygens (including phenoxy) is 1. The van der Waals surface area contributed by atoms with Crippen LogP contribution in [0.4, 0.5) is 10.5 Å². The summed E-state index contributed by atoms with van der Waals surface area (Å²) in [6.07, 6.45) is -0.545. The Morgan fingerprint density at radius 3 is 2.24 bits per heavy atom. The molecule has 0 heterocycles. The topological polar surface area (TPSA) is 134 Å². The lowest BCUT2D eigenvalue weighted by molar-refractivity contribution is -0.122. The molecule has 142 valence electrons. The molecule has 1 rings (SSSR count). The smallest absolute Gasteiger partial charge is 0.408 e. The van der Waals surface area contributed by atoms with Gasteiger partial charge in [-0.2, -0.15) is 8.42 Å². The van der Waals surface area contributed by atoms with E-state index in [1.54, 1.807) is 32.9 Å². The van der Waals surface area contributed by atoms with E-state index in [9.17, 15) is 18.0 Å². The number of nitrogens with one attached hydrogen (secondary N) is 3. The van der Waals surface area contributed by atoms with Gasteiger partial charge in [-0.15, -0.1) is 0 Å². The van der Waals surface area contributed by atoms with Crippen molar-refractivity contribution in [3.05, 3.63) is 29.8 Å². The predicted octanol–water partition coefficient (Wildman–Crippen LogP) is 1.33. The minimum Gasteiger partial charge on any atom is -0.444 e. The maximum Gasteiger partial charge on any atom is 0.408 e. The summed E-state index contributed by atoms with van der Waals surface area (Å²) in [5, 5.41) is 4.96. The van der Waals surface area contributed by atoms with Gasteiger partial charge in [0, 0.05) is 14.9 Å². The summed E-state index contributed by atoms with van der Waals surface area (Å²) in [5.41, 5.74) is 0.147. The Hall–Kier alpha value is -2.33. The maximum atomic E-state index is 12.0. The normalized spacial score (nSPS) is 12.8. The molecule has 1 atom stereocenters. The fourth-order valence-corrected chi connectivity index (χ4v) is 2.36. The highest BCUT2D eigenvalue weighted by Crippen LogP contribution is 2.13. The Balaban J connectivity index is 0.00000625. The fourth-order valence-electron chi connectivity index (χ4n) is 1.93. The van der Waals surface area contributed by atoms with E-state index in [4.69, 9.17) is 9.29 Å². The monoisotopic (exact) mass is 375 g/mol. The summed E-state index contributed by atoms with van der Waals surface area (Å²) in [6.45, 7) is 5.13. The van der Waals surface area contributed by atoms with Gasteiger partial charge in [0.25, 0.3) is 0 Å². The van der Waals surface area contributed by atoms with Crippen molar-refractivity contribution in [3.63, 3.8) is 0 Å². The van der Waals surface area contributed by atoms with Crippen molar-refractivity contribution in [2.75, 3.05) is 11.8 Å². The first kappa shape index (κ1) is 20.7. The third-order valence-electron chi connectivity index (χ3n) is 2.89. The third-order valence-corrected chi connectivity index (χ3v) is 3.39. The van der Waals surface area contributed by atoms with Crippen LogP contribution in [0.2, 0.25) is 0 Å². The molecule has 0 aromatic heterocycles. The van der Waals surface area contributed by atoms with E-state index >= 15 is 0 Å². The van der Waals surface area contributed by atoms with Crippen molar-refractivity contribution in [1.82, 2.24) is 10.6 Å². The highest BCUT2D eigenvalue weighted by atomic mass is 32.2. The summed E-state index contributed by atoms with van der Waals surface area (Å²) in [6, 6.07) is 5.13. The Bertz CT molecular complexity index is 716. The number of hydrogen-bond donors (Lipinski definition) is 4. The van der Waals surface area contributed by atoms with Gasteiger partial charge in [-0.05, 0) is 38.5 Å². The van der Waals surface area contributed by atoms with Crippen LogP contribution in [0.1, 0.15) is 27.8 Å². The number of benzene rings is 1. The van der Waals surface area contributed by atoms with E-state index in [2.05, 4.69) is 10.6 Å². The number of hydrogen-bond acceptors (Lipinski definition) is 5. The molecule has 0 aliphatic rings. The second kappa shape index (κ2) is 8.17. The lowest BCUT2D eigenvalue weighted by Gasteiger charge is -2.23. The molecule has 0 bridgehead atoms. The van der Waals surface area contributed by atoms with E-state index < -0.39 is 33.9 Å². The third kappa shape index (κ3) is 8.36. The highest BCUT2D eigenvalue weighted by molar-refractivity contribution is 7.87. The second-order valence-electron chi connectivity index (χ2n) is 6.29. The van der Waals surface area contributed by atoms with Crippen molar-refractivity contribution in [1.29, 1.82) is 0 Å². The standard InChI is InChI=1S/C15H23N3O6S.H2/c1-15(2,3)24-14(20)17-12(13(19)16-4)9-10-5-7-11(8-6-10)18-25(21,22)23;/h5-8,12,18H,9H2,1-4H3,(H,16,19)(H,17,20)(H,21,22,23);1H/t12-;/m0./s1. The van der Waals surface area contributed by atoms with E-state index in [1.807, 2.05) is 4.72 Å². The molecule has 10 heteroatoms. The van der Waals surface area contributed by atoms with E-state index in [-0.39, 0.29) is 13.5 Å². The molecule has 0 radical (unpaired) electrons. The number of carbonyl (C=O) groups excluding carboxylic acids is 2. The van der Waals surface area contributed by atoms with Crippen LogP contribution in [0.25, 0.3) is 0 Å². The van der Waals surface area contributed by atoms with Crippen molar-refractivity contribution in [2.45, 2.75) is 38.8 Å². The zero-order valence-corrected chi connectivity index (χ0v) is 15.3. The van der Waals surface area contributed by atoms with E-state index in [0.717, 1.165) is 0 Å². The molecule has 0 saturated carbocycles. The number of alkyl carbamates (subject to hydrolysis) is 1. The van der Waals surface area contributed by atoms with Crippen LogP contribution in [-0.2, 0) is 26.3 Å². The molecule has 25 heavy (non-hydrogen) atoms. The van der Waals surface area contributed by atoms with Gasteiger partial charge in [-0.3, -0.25) is 14.1 Å². The average Bonchev–Trinajstić information content (AvgIpc) is 2.44. The molecular weight excluding hydrogens is 350 g/mol. The molecule has 0 aliphatic heterocycles. The van der Waals surface area contributed by atoms with Gasteiger partial charge < -0.3 is 15.4 Å². The van der Waals surface area contributed by atoms with Gasteiger partial charge in [-0.25, -0.2) is 4.79 Å². The van der Waals surface area contributed by atoms with Crippen LogP contribution in [-0.4, -0.2) is 43.7 Å². The Labute approximate surface area is 148 Å². The molecule has 2 amide bonds. The number of likely N-dealkylation sites (N-methyl/N-ethyl adjacent to an activating group) is 1. The molecule has 0 spiro atoms. The van der Waals surface area contributed by atoms with Crippen LogP contribution in [0.5, 0.6) is 0 Å². The summed E-state index contributed by atoms with van der Waals surface area (Å²) in [4.78, 5) is 23.8. The van der Waals surface area contributed by atoms with Crippen molar-refractivity contribution in [2.24, 2.45) is 0 Å². The molecule has 1 aromatic carbocycles.